The van der Waals surface area contributed by atoms with Gasteiger partial charge in [0.05, 0.1) is 6.04 Å². The molecule has 1 aromatic heterocycles. The molecule has 144 valence electrons. The van der Waals surface area contributed by atoms with E-state index in [-0.39, 0.29) is 0 Å². The van der Waals surface area contributed by atoms with Crippen LogP contribution in [0.2, 0.25) is 0 Å². The fraction of sp³-hybridized carbons (Fsp3) is 0.333. The Kier molecular flexibility index (Phi) is 5.17. The molecule has 0 saturated carbocycles. The van der Waals surface area contributed by atoms with E-state index in [0.717, 1.165) is 45.8 Å². The number of anilines is 1. The lowest BCUT2D eigenvalue weighted by atomic mass is 10.1. The standard InChI is InChI=1S/C24H27N3S/c1-2-7-20(8-3-1)15-25-12-13-27-22(17-25)18-26(19-23-10-6-14-28-23)16-21-9-4-5-11-24(21)27/h1-11,14,22H,12-13,15-19H2. The fourth-order valence-corrected chi connectivity index (χ4v) is 5.40. The number of piperazine rings is 1. The van der Waals surface area contributed by atoms with E-state index in [9.17, 15) is 0 Å². The number of nitrogens with zero attached hydrogens (tertiary/aromatic N) is 3. The van der Waals surface area contributed by atoms with Crippen LogP contribution in [0.25, 0.3) is 0 Å². The van der Waals surface area contributed by atoms with Crippen LogP contribution in [0.4, 0.5) is 5.69 Å². The minimum atomic E-state index is 0.543. The second-order valence-corrected chi connectivity index (χ2v) is 8.98. The molecule has 0 bridgehead atoms. The molecule has 3 heterocycles. The van der Waals surface area contributed by atoms with E-state index in [0.29, 0.717) is 6.04 Å². The van der Waals surface area contributed by atoms with Crippen molar-refractivity contribution in [2.75, 3.05) is 31.1 Å². The van der Waals surface area contributed by atoms with Gasteiger partial charge in [0.1, 0.15) is 0 Å². The number of thiophene rings is 1. The average molecular weight is 390 g/mol. The van der Waals surface area contributed by atoms with Gasteiger partial charge >= 0.3 is 0 Å². The smallest absolute Gasteiger partial charge is 0.0545 e. The molecule has 3 nitrogen and oxygen atoms in total. The molecule has 1 fully saturated rings. The Labute approximate surface area is 171 Å². The molecule has 4 heteroatoms. The summed E-state index contributed by atoms with van der Waals surface area (Å²) in [6.45, 7) is 7.64. The van der Waals surface area contributed by atoms with Gasteiger partial charge in [-0.1, -0.05) is 54.6 Å². The summed E-state index contributed by atoms with van der Waals surface area (Å²) >= 11 is 1.87. The lowest BCUT2D eigenvalue weighted by molar-refractivity contribution is 0.173. The van der Waals surface area contributed by atoms with E-state index in [1.165, 1.54) is 21.7 Å². The summed E-state index contributed by atoms with van der Waals surface area (Å²) in [6.07, 6.45) is 0. The molecule has 0 spiro atoms. The van der Waals surface area contributed by atoms with Gasteiger partial charge in [-0.3, -0.25) is 9.80 Å². The minimum absolute atomic E-state index is 0.543. The zero-order valence-electron chi connectivity index (χ0n) is 16.2. The Balaban J connectivity index is 1.37. The van der Waals surface area contributed by atoms with Crippen LogP contribution in [-0.2, 0) is 19.6 Å². The Morgan fingerprint density at radius 2 is 1.61 bits per heavy atom. The van der Waals surface area contributed by atoms with Gasteiger partial charge in [-0.25, -0.2) is 0 Å². The first-order valence-electron chi connectivity index (χ1n) is 10.2. The molecule has 2 aromatic carbocycles. The van der Waals surface area contributed by atoms with Crippen LogP contribution in [0.1, 0.15) is 16.0 Å². The number of rotatable bonds is 4. The molecular weight excluding hydrogens is 362 g/mol. The minimum Gasteiger partial charge on any atom is -0.364 e. The first-order valence-corrected chi connectivity index (χ1v) is 11.1. The SMILES string of the molecule is c1ccc(CN2CCN3c4ccccc4CN(Cc4cccs4)CC3C2)cc1. The summed E-state index contributed by atoms with van der Waals surface area (Å²) in [6, 6.07) is 24.9. The maximum atomic E-state index is 2.67. The monoisotopic (exact) mass is 389 g/mol. The van der Waals surface area contributed by atoms with E-state index in [1.54, 1.807) is 0 Å². The summed E-state index contributed by atoms with van der Waals surface area (Å²) in [7, 11) is 0. The maximum Gasteiger partial charge on any atom is 0.0545 e. The Morgan fingerprint density at radius 3 is 2.46 bits per heavy atom. The second kappa shape index (κ2) is 8.08. The Hall–Kier alpha value is -2.14. The number of hydrogen-bond donors (Lipinski definition) is 0. The van der Waals surface area contributed by atoms with Gasteiger partial charge in [0, 0.05) is 56.4 Å². The molecule has 1 unspecified atom stereocenters. The lowest BCUT2D eigenvalue weighted by Crippen LogP contribution is -2.55. The van der Waals surface area contributed by atoms with Crippen molar-refractivity contribution in [3.63, 3.8) is 0 Å². The van der Waals surface area contributed by atoms with Crippen molar-refractivity contribution in [1.29, 1.82) is 0 Å². The summed E-state index contributed by atoms with van der Waals surface area (Å²) in [5, 5.41) is 2.19. The van der Waals surface area contributed by atoms with Crippen molar-refractivity contribution >= 4 is 17.0 Å². The second-order valence-electron chi connectivity index (χ2n) is 7.95. The molecule has 2 aliphatic heterocycles. The van der Waals surface area contributed by atoms with Crippen LogP contribution in [-0.4, -0.2) is 42.0 Å². The molecule has 3 aromatic rings. The van der Waals surface area contributed by atoms with Gasteiger partial charge in [-0.15, -0.1) is 11.3 Å². The number of hydrogen-bond acceptors (Lipinski definition) is 4. The van der Waals surface area contributed by atoms with Crippen LogP contribution in [0.3, 0.4) is 0 Å². The van der Waals surface area contributed by atoms with Crippen LogP contribution < -0.4 is 4.90 Å². The van der Waals surface area contributed by atoms with Crippen LogP contribution >= 0.6 is 11.3 Å². The van der Waals surface area contributed by atoms with Crippen LogP contribution in [0, 0.1) is 0 Å². The predicted octanol–water partition coefficient (Wildman–Crippen LogP) is 4.45. The zero-order valence-corrected chi connectivity index (χ0v) is 17.0. The summed E-state index contributed by atoms with van der Waals surface area (Å²) in [4.78, 5) is 9.41. The Bertz CT molecular complexity index is 893. The molecule has 2 aliphatic rings. The first-order chi connectivity index (χ1) is 13.8. The third-order valence-electron chi connectivity index (χ3n) is 5.94. The number of fused-ring (bicyclic) bond motifs is 3. The molecule has 0 aliphatic carbocycles. The van der Waals surface area contributed by atoms with Crippen molar-refractivity contribution in [3.8, 4) is 0 Å². The van der Waals surface area contributed by atoms with Gasteiger partial charge in [-0.05, 0) is 28.6 Å². The highest BCUT2D eigenvalue weighted by Gasteiger charge is 2.32. The van der Waals surface area contributed by atoms with Gasteiger partial charge < -0.3 is 4.90 Å². The molecule has 0 amide bonds. The highest BCUT2D eigenvalue weighted by molar-refractivity contribution is 7.09. The van der Waals surface area contributed by atoms with Gasteiger partial charge in [0.25, 0.3) is 0 Å². The van der Waals surface area contributed by atoms with Crippen LogP contribution in [0.15, 0.2) is 72.1 Å². The summed E-state index contributed by atoms with van der Waals surface area (Å²) in [5.41, 5.74) is 4.33. The third kappa shape index (κ3) is 3.86. The van der Waals surface area contributed by atoms with E-state index < -0.39 is 0 Å². The Morgan fingerprint density at radius 1 is 0.786 bits per heavy atom. The molecular formula is C24H27N3S. The zero-order chi connectivity index (χ0) is 18.8. The third-order valence-corrected chi connectivity index (χ3v) is 6.80. The summed E-state index contributed by atoms with van der Waals surface area (Å²) in [5.74, 6) is 0. The molecule has 0 N–H and O–H groups in total. The quantitative estimate of drug-likeness (QED) is 0.652. The van der Waals surface area contributed by atoms with Crippen LogP contribution in [0.5, 0.6) is 0 Å². The first kappa shape index (κ1) is 17.9. The molecule has 28 heavy (non-hydrogen) atoms. The highest BCUT2D eigenvalue weighted by Crippen LogP contribution is 2.31. The van der Waals surface area contributed by atoms with E-state index in [4.69, 9.17) is 0 Å². The number of benzene rings is 2. The van der Waals surface area contributed by atoms with E-state index in [1.807, 2.05) is 11.3 Å². The van der Waals surface area contributed by atoms with Crippen molar-refractivity contribution in [3.05, 3.63) is 88.1 Å². The maximum absolute atomic E-state index is 2.67. The number of para-hydroxylation sites is 1. The fourth-order valence-electron chi connectivity index (χ4n) is 4.65. The van der Waals surface area contributed by atoms with Crippen molar-refractivity contribution in [2.24, 2.45) is 0 Å². The highest BCUT2D eigenvalue weighted by atomic mass is 32.1. The predicted molar refractivity (Wildman–Crippen MR) is 118 cm³/mol. The summed E-state index contributed by atoms with van der Waals surface area (Å²) < 4.78 is 0. The molecule has 0 radical (unpaired) electrons. The largest absolute Gasteiger partial charge is 0.364 e. The lowest BCUT2D eigenvalue weighted by Gasteiger charge is -2.43. The molecule has 5 rings (SSSR count). The molecule has 1 atom stereocenters. The van der Waals surface area contributed by atoms with E-state index >= 15 is 0 Å². The molecule has 1 saturated heterocycles. The van der Waals surface area contributed by atoms with E-state index in [2.05, 4.69) is 86.8 Å². The van der Waals surface area contributed by atoms with Gasteiger partial charge in [-0.2, -0.15) is 0 Å². The average Bonchev–Trinajstić information content (AvgIpc) is 3.17. The normalized spacial score (nSPS) is 20.4. The van der Waals surface area contributed by atoms with Crippen molar-refractivity contribution < 1.29 is 0 Å². The van der Waals surface area contributed by atoms with Gasteiger partial charge in [0.15, 0.2) is 0 Å². The van der Waals surface area contributed by atoms with Crippen molar-refractivity contribution in [1.82, 2.24) is 9.80 Å². The topological polar surface area (TPSA) is 9.72 Å². The van der Waals surface area contributed by atoms with Crippen molar-refractivity contribution in [2.45, 2.75) is 25.7 Å². The van der Waals surface area contributed by atoms with Gasteiger partial charge in [0.2, 0.25) is 0 Å².